The lowest BCUT2D eigenvalue weighted by Gasteiger charge is -1.96. The highest BCUT2D eigenvalue weighted by Gasteiger charge is 2.22. The van der Waals surface area contributed by atoms with Gasteiger partial charge >= 0.3 is 0 Å². The smallest absolute Gasteiger partial charge is 0.116 e. The maximum absolute atomic E-state index is 5.15. The van der Waals surface area contributed by atoms with Crippen LogP contribution in [-0.4, -0.2) is 19.3 Å². The topological polar surface area (TPSA) is 21.8 Å². The minimum absolute atomic E-state index is 0.342. The van der Waals surface area contributed by atoms with Gasteiger partial charge in [0.2, 0.25) is 0 Å². The predicted molar refractivity (Wildman–Crippen MR) is 39.6 cm³/mol. The van der Waals surface area contributed by atoms with Crippen molar-refractivity contribution in [3.05, 3.63) is 24.5 Å². The van der Waals surface area contributed by atoms with E-state index < -0.39 is 0 Å². The third kappa shape index (κ3) is 2.69. The molecule has 1 aliphatic heterocycles. The number of hydrogen-bond acceptors (Lipinski definition) is 2. The average molecular weight is 140 g/mol. The molecule has 0 radical (unpaired) electrons. The van der Waals surface area contributed by atoms with Crippen LogP contribution in [-0.2, 0) is 9.47 Å². The minimum atomic E-state index is 0.342. The second kappa shape index (κ2) is 3.42. The molecule has 0 aromatic rings. The fourth-order valence-corrected chi connectivity index (χ4v) is 0.499. The van der Waals surface area contributed by atoms with Gasteiger partial charge in [-0.15, -0.1) is 0 Å². The van der Waals surface area contributed by atoms with Crippen LogP contribution in [0.5, 0.6) is 0 Å². The summed E-state index contributed by atoms with van der Waals surface area (Å²) in [5.41, 5.74) is 1.04. The summed E-state index contributed by atoms with van der Waals surface area (Å²) in [6.07, 6.45) is 3.80. The SMILES string of the molecule is C=CC(C)=COCC1CO1. The van der Waals surface area contributed by atoms with E-state index in [0.29, 0.717) is 12.7 Å². The largest absolute Gasteiger partial charge is 0.498 e. The van der Waals surface area contributed by atoms with Crippen LogP contribution < -0.4 is 0 Å². The Morgan fingerprint density at radius 1 is 1.90 bits per heavy atom. The molecule has 1 atom stereocenters. The molecule has 0 spiro atoms. The first-order valence-corrected chi connectivity index (χ1v) is 3.35. The number of ether oxygens (including phenoxy) is 2. The van der Waals surface area contributed by atoms with Gasteiger partial charge < -0.3 is 9.47 Å². The van der Waals surface area contributed by atoms with Gasteiger partial charge in [-0.1, -0.05) is 12.7 Å². The van der Waals surface area contributed by atoms with Crippen molar-refractivity contribution in [2.75, 3.05) is 13.2 Å². The molecule has 10 heavy (non-hydrogen) atoms. The molecule has 0 aromatic heterocycles. The molecule has 0 aromatic carbocycles. The highest BCUT2D eigenvalue weighted by molar-refractivity contribution is 5.09. The van der Waals surface area contributed by atoms with E-state index in [0.717, 1.165) is 12.2 Å². The quantitative estimate of drug-likeness (QED) is 0.335. The summed E-state index contributed by atoms with van der Waals surface area (Å²) < 4.78 is 10.1. The Bertz CT molecular complexity index is 145. The zero-order valence-corrected chi connectivity index (χ0v) is 6.17. The standard InChI is InChI=1S/C8H12O2/c1-3-7(2)4-9-5-8-6-10-8/h3-4,8H,1,5-6H2,2H3. The maximum atomic E-state index is 5.15. The van der Waals surface area contributed by atoms with Crippen molar-refractivity contribution in [2.24, 2.45) is 0 Å². The van der Waals surface area contributed by atoms with E-state index in [1.54, 1.807) is 12.3 Å². The summed E-state index contributed by atoms with van der Waals surface area (Å²) in [7, 11) is 0. The first-order chi connectivity index (χ1) is 4.83. The number of allylic oxidation sites excluding steroid dienone is 2. The highest BCUT2D eigenvalue weighted by atomic mass is 16.6. The second-order valence-electron chi connectivity index (χ2n) is 2.35. The van der Waals surface area contributed by atoms with E-state index in [4.69, 9.17) is 9.47 Å². The van der Waals surface area contributed by atoms with E-state index in [9.17, 15) is 0 Å². The third-order valence-electron chi connectivity index (χ3n) is 1.28. The first kappa shape index (κ1) is 7.35. The average Bonchev–Trinajstić information content (AvgIpc) is 2.71. The van der Waals surface area contributed by atoms with E-state index in [-0.39, 0.29) is 0 Å². The van der Waals surface area contributed by atoms with Crippen LogP contribution in [0.25, 0.3) is 0 Å². The van der Waals surface area contributed by atoms with Gasteiger partial charge in [0.1, 0.15) is 12.7 Å². The zero-order valence-electron chi connectivity index (χ0n) is 6.17. The summed E-state index contributed by atoms with van der Waals surface area (Å²) >= 11 is 0. The summed E-state index contributed by atoms with van der Waals surface area (Å²) in [6, 6.07) is 0. The van der Waals surface area contributed by atoms with Gasteiger partial charge in [0.25, 0.3) is 0 Å². The van der Waals surface area contributed by atoms with Crippen LogP contribution >= 0.6 is 0 Å². The molecule has 1 heterocycles. The fourth-order valence-electron chi connectivity index (χ4n) is 0.499. The molecule has 0 amide bonds. The molecule has 1 fully saturated rings. The van der Waals surface area contributed by atoms with Gasteiger partial charge in [-0.3, -0.25) is 0 Å². The molecule has 0 saturated carbocycles. The maximum Gasteiger partial charge on any atom is 0.116 e. The van der Waals surface area contributed by atoms with E-state index in [2.05, 4.69) is 6.58 Å². The van der Waals surface area contributed by atoms with Crippen LogP contribution in [0.1, 0.15) is 6.92 Å². The number of epoxide rings is 1. The van der Waals surface area contributed by atoms with E-state index >= 15 is 0 Å². The lowest BCUT2D eigenvalue weighted by molar-refractivity contribution is 0.211. The first-order valence-electron chi connectivity index (χ1n) is 3.35. The molecule has 1 aliphatic rings. The molecule has 0 bridgehead atoms. The summed E-state index contributed by atoms with van der Waals surface area (Å²) in [4.78, 5) is 0. The molecule has 2 nitrogen and oxygen atoms in total. The van der Waals surface area contributed by atoms with E-state index in [1.807, 2.05) is 6.92 Å². The van der Waals surface area contributed by atoms with Crippen LogP contribution in [0, 0.1) is 0 Å². The Balaban J connectivity index is 2.06. The van der Waals surface area contributed by atoms with Gasteiger partial charge in [-0.25, -0.2) is 0 Å². The van der Waals surface area contributed by atoms with E-state index in [1.165, 1.54) is 0 Å². The third-order valence-corrected chi connectivity index (χ3v) is 1.28. The van der Waals surface area contributed by atoms with Crippen molar-refractivity contribution < 1.29 is 9.47 Å². The Labute approximate surface area is 61.1 Å². The molecule has 1 unspecified atom stereocenters. The zero-order chi connectivity index (χ0) is 7.40. The summed E-state index contributed by atoms with van der Waals surface area (Å²) in [5.74, 6) is 0. The van der Waals surface area contributed by atoms with Crippen LogP contribution in [0.2, 0.25) is 0 Å². The molecular weight excluding hydrogens is 128 g/mol. The van der Waals surface area contributed by atoms with Crippen LogP contribution in [0.15, 0.2) is 24.5 Å². The van der Waals surface area contributed by atoms with Gasteiger partial charge in [0.15, 0.2) is 0 Å². The molecule has 2 heteroatoms. The van der Waals surface area contributed by atoms with Gasteiger partial charge in [-0.05, 0) is 12.5 Å². The molecule has 1 saturated heterocycles. The summed E-state index contributed by atoms with van der Waals surface area (Å²) in [6.45, 7) is 7.06. The molecule has 0 N–H and O–H groups in total. The Hall–Kier alpha value is -0.760. The number of rotatable bonds is 4. The van der Waals surface area contributed by atoms with Gasteiger partial charge in [0.05, 0.1) is 12.9 Å². The second-order valence-corrected chi connectivity index (χ2v) is 2.35. The molecular formula is C8H12O2. The normalized spacial score (nSPS) is 24.1. The summed E-state index contributed by atoms with van der Waals surface area (Å²) in [5, 5.41) is 0. The Morgan fingerprint density at radius 2 is 2.60 bits per heavy atom. The molecule has 0 aliphatic carbocycles. The van der Waals surface area contributed by atoms with Crippen molar-refractivity contribution in [1.29, 1.82) is 0 Å². The number of hydrogen-bond donors (Lipinski definition) is 0. The van der Waals surface area contributed by atoms with Crippen molar-refractivity contribution in [2.45, 2.75) is 13.0 Å². The van der Waals surface area contributed by atoms with Crippen molar-refractivity contribution in [1.82, 2.24) is 0 Å². The highest BCUT2D eigenvalue weighted by Crippen LogP contribution is 2.08. The fraction of sp³-hybridized carbons (Fsp3) is 0.500. The minimum Gasteiger partial charge on any atom is -0.498 e. The lowest BCUT2D eigenvalue weighted by atomic mass is 10.3. The van der Waals surface area contributed by atoms with Crippen LogP contribution in [0.3, 0.4) is 0 Å². The predicted octanol–water partition coefficient (Wildman–Crippen LogP) is 1.49. The van der Waals surface area contributed by atoms with Crippen molar-refractivity contribution in [3.8, 4) is 0 Å². The van der Waals surface area contributed by atoms with Crippen molar-refractivity contribution >= 4 is 0 Å². The monoisotopic (exact) mass is 140 g/mol. The Morgan fingerprint density at radius 3 is 3.10 bits per heavy atom. The van der Waals surface area contributed by atoms with Gasteiger partial charge in [-0.2, -0.15) is 0 Å². The lowest BCUT2D eigenvalue weighted by Crippen LogP contribution is -1.95. The van der Waals surface area contributed by atoms with Crippen LogP contribution in [0.4, 0.5) is 0 Å². The Kier molecular flexibility index (Phi) is 2.51. The van der Waals surface area contributed by atoms with Crippen molar-refractivity contribution in [3.63, 3.8) is 0 Å². The molecule has 1 rings (SSSR count). The molecule has 56 valence electrons. The van der Waals surface area contributed by atoms with Gasteiger partial charge in [0, 0.05) is 0 Å².